The Kier molecular flexibility index (Phi) is 3.33. The summed E-state index contributed by atoms with van der Waals surface area (Å²) in [7, 11) is -0.725. The minimum atomic E-state index is -0.725. The highest BCUT2D eigenvalue weighted by atomic mass is 32.2. The third-order valence-electron chi connectivity index (χ3n) is 3.80. The minimum absolute atomic E-state index is 0.650. The highest BCUT2D eigenvalue weighted by molar-refractivity contribution is 8.05. The maximum Gasteiger partial charge on any atom is 0.0662 e. The summed E-state index contributed by atoms with van der Waals surface area (Å²) in [6.07, 6.45) is 4.91. The highest BCUT2D eigenvalue weighted by Gasteiger charge is 2.33. The summed E-state index contributed by atoms with van der Waals surface area (Å²) < 4.78 is 1.54. The van der Waals surface area contributed by atoms with Crippen molar-refractivity contribution < 1.29 is 0 Å². The molecule has 2 heterocycles. The molecule has 3 heteroatoms. The fourth-order valence-electron chi connectivity index (χ4n) is 3.01. The van der Waals surface area contributed by atoms with Gasteiger partial charge >= 0.3 is 0 Å². The quantitative estimate of drug-likeness (QED) is 0.772. The Morgan fingerprint density at radius 1 is 1.22 bits per heavy atom. The van der Waals surface area contributed by atoms with Crippen LogP contribution in [0.1, 0.15) is 25.1 Å². The van der Waals surface area contributed by atoms with Crippen molar-refractivity contribution in [3.05, 3.63) is 30.8 Å². The van der Waals surface area contributed by atoms with Crippen LogP contribution in [0.3, 0.4) is 0 Å². The molecule has 2 aliphatic rings. The lowest BCUT2D eigenvalue weighted by Gasteiger charge is -2.10. The van der Waals surface area contributed by atoms with Crippen molar-refractivity contribution in [1.29, 1.82) is 0 Å². The number of hydrogen-bond acceptors (Lipinski definition) is 2. The SMILES string of the molecule is CCC1=C([SiH](C)C)C2=c3cc(CC)sc3=CC2S1. The van der Waals surface area contributed by atoms with E-state index in [1.165, 1.54) is 12.8 Å². The molecule has 0 aromatic carbocycles. The van der Waals surface area contributed by atoms with Crippen LogP contribution in [-0.2, 0) is 6.42 Å². The largest absolute Gasteiger partial charge is 0.141 e. The van der Waals surface area contributed by atoms with E-state index in [1.807, 2.05) is 11.3 Å². The summed E-state index contributed by atoms with van der Waals surface area (Å²) in [5.41, 5.74) is 1.70. The Labute approximate surface area is 119 Å². The fourth-order valence-corrected chi connectivity index (χ4v) is 8.30. The van der Waals surface area contributed by atoms with E-state index >= 15 is 0 Å². The van der Waals surface area contributed by atoms with Crippen molar-refractivity contribution >= 4 is 43.5 Å². The average molecular weight is 293 g/mol. The van der Waals surface area contributed by atoms with Crippen LogP contribution in [0.2, 0.25) is 13.1 Å². The van der Waals surface area contributed by atoms with E-state index in [1.54, 1.807) is 30.3 Å². The molecule has 1 aromatic heterocycles. The van der Waals surface area contributed by atoms with E-state index in [2.05, 4.69) is 50.8 Å². The summed E-state index contributed by atoms with van der Waals surface area (Å²) in [4.78, 5) is 3.23. The Hall–Kier alpha value is -0.253. The Bertz CT molecular complexity index is 634. The van der Waals surface area contributed by atoms with Crippen molar-refractivity contribution in [3.63, 3.8) is 0 Å². The Balaban J connectivity index is 2.24. The van der Waals surface area contributed by atoms with Crippen LogP contribution in [0.15, 0.2) is 16.2 Å². The molecule has 0 nitrogen and oxygen atoms in total. The van der Waals surface area contributed by atoms with Crippen molar-refractivity contribution in [2.24, 2.45) is 0 Å². The average Bonchev–Trinajstić information content (AvgIpc) is 2.95. The first-order valence-corrected chi connectivity index (χ1v) is 11.5. The monoisotopic (exact) mass is 292 g/mol. The predicted octanol–water partition coefficient (Wildman–Crippen LogP) is 3.06. The first-order valence-electron chi connectivity index (χ1n) is 6.90. The molecule has 0 saturated heterocycles. The molecular formula is C15H20S2Si. The molecule has 0 bridgehead atoms. The first-order chi connectivity index (χ1) is 8.65. The van der Waals surface area contributed by atoms with Gasteiger partial charge in [0.25, 0.3) is 0 Å². The maximum absolute atomic E-state index is 2.51. The lowest BCUT2D eigenvalue weighted by molar-refractivity contribution is 1.18. The van der Waals surface area contributed by atoms with Gasteiger partial charge in [-0.05, 0) is 45.9 Å². The van der Waals surface area contributed by atoms with Crippen LogP contribution >= 0.6 is 23.1 Å². The van der Waals surface area contributed by atoms with E-state index in [4.69, 9.17) is 0 Å². The maximum atomic E-state index is 2.51. The number of hydrogen-bond donors (Lipinski definition) is 0. The van der Waals surface area contributed by atoms with Gasteiger partial charge in [-0.25, -0.2) is 0 Å². The number of thioether (sulfide) groups is 1. The van der Waals surface area contributed by atoms with Gasteiger partial charge in [0.05, 0.1) is 14.0 Å². The first kappa shape index (κ1) is 12.8. The molecule has 0 amide bonds. The van der Waals surface area contributed by atoms with E-state index in [0.717, 1.165) is 0 Å². The van der Waals surface area contributed by atoms with Crippen molar-refractivity contribution in [1.82, 2.24) is 0 Å². The number of aryl methyl sites for hydroxylation is 1. The molecule has 18 heavy (non-hydrogen) atoms. The lowest BCUT2D eigenvalue weighted by atomic mass is 10.1. The van der Waals surface area contributed by atoms with Crippen molar-refractivity contribution in [3.8, 4) is 0 Å². The minimum Gasteiger partial charge on any atom is -0.141 e. The van der Waals surface area contributed by atoms with Gasteiger partial charge in [0.1, 0.15) is 0 Å². The molecule has 1 aliphatic heterocycles. The van der Waals surface area contributed by atoms with E-state index in [0.29, 0.717) is 5.25 Å². The fraction of sp³-hybridized carbons (Fsp3) is 0.467. The van der Waals surface area contributed by atoms with Gasteiger partial charge in [-0.1, -0.05) is 26.9 Å². The number of allylic oxidation sites excluding steroid dienone is 2. The van der Waals surface area contributed by atoms with Gasteiger partial charge in [-0.2, -0.15) is 0 Å². The third-order valence-corrected chi connectivity index (χ3v) is 8.48. The summed E-state index contributed by atoms with van der Waals surface area (Å²) in [6.45, 7) is 9.53. The van der Waals surface area contributed by atoms with Crippen LogP contribution in [0.25, 0.3) is 11.6 Å². The molecular weight excluding hydrogens is 272 g/mol. The molecule has 0 fully saturated rings. The summed E-state index contributed by atoms with van der Waals surface area (Å²) in [5.74, 6) is 0. The number of thiophene rings is 1. The normalized spacial score (nSPS) is 21.6. The second-order valence-corrected chi connectivity index (χ2v) is 10.6. The summed E-state index contributed by atoms with van der Waals surface area (Å²) in [6, 6.07) is 2.46. The smallest absolute Gasteiger partial charge is 0.0662 e. The van der Waals surface area contributed by atoms with Gasteiger partial charge in [0.15, 0.2) is 0 Å². The molecule has 0 saturated carbocycles. The van der Waals surface area contributed by atoms with E-state index < -0.39 is 8.80 Å². The molecule has 96 valence electrons. The van der Waals surface area contributed by atoms with E-state index in [9.17, 15) is 0 Å². The molecule has 1 unspecified atom stereocenters. The second kappa shape index (κ2) is 4.69. The molecule has 0 radical (unpaired) electrons. The topological polar surface area (TPSA) is 0 Å². The van der Waals surface area contributed by atoms with Crippen LogP contribution in [0, 0.1) is 0 Å². The third kappa shape index (κ3) is 1.79. The zero-order chi connectivity index (χ0) is 12.9. The van der Waals surface area contributed by atoms with Crippen LogP contribution in [0.5, 0.6) is 0 Å². The van der Waals surface area contributed by atoms with Gasteiger partial charge in [0.2, 0.25) is 0 Å². The van der Waals surface area contributed by atoms with Gasteiger partial charge < -0.3 is 0 Å². The van der Waals surface area contributed by atoms with Crippen LogP contribution < -0.4 is 9.75 Å². The van der Waals surface area contributed by atoms with Crippen molar-refractivity contribution in [2.45, 2.75) is 45.0 Å². The second-order valence-electron chi connectivity index (χ2n) is 5.31. The van der Waals surface area contributed by atoms with Crippen molar-refractivity contribution in [2.75, 3.05) is 0 Å². The van der Waals surface area contributed by atoms with Gasteiger partial charge in [0, 0.05) is 9.41 Å². The van der Waals surface area contributed by atoms with Crippen LogP contribution in [-0.4, -0.2) is 14.0 Å². The van der Waals surface area contributed by atoms with Gasteiger partial charge in [-0.15, -0.1) is 23.1 Å². The predicted molar refractivity (Wildman–Crippen MR) is 88.4 cm³/mol. The Morgan fingerprint density at radius 2 is 2.00 bits per heavy atom. The highest BCUT2D eigenvalue weighted by Crippen LogP contribution is 2.46. The number of fused-ring (bicyclic) bond motifs is 2. The van der Waals surface area contributed by atoms with E-state index in [-0.39, 0.29) is 0 Å². The molecule has 1 atom stereocenters. The molecule has 0 N–H and O–H groups in total. The van der Waals surface area contributed by atoms with Gasteiger partial charge in [-0.3, -0.25) is 0 Å². The summed E-state index contributed by atoms with van der Waals surface area (Å²) in [5, 5.41) is 4.01. The van der Waals surface area contributed by atoms with Crippen LogP contribution in [0.4, 0.5) is 0 Å². The molecule has 0 spiro atoms. The lowest BCUT2D eigenvalue weighted by Crippen LogP contribution is -2.20. The Morgan fingerprint density at radius 3 is 2.61 bits per heavy atom. The zero-order valence-corrected chi connectivity index (χ0v) is 14.3. The number of rotatable bonds is 3. The molecule has 3 rings (SSSR count). The molecule has 1 aromatic rings. The summed E-state index contributed by atoms with van der Waals surface area (Å²) >= 11 is 4.13. The zero-order valence-electron chi connectivity index (χ0n) is 11.5. The standard InChI is InChI=1S/C15H20S2Si/c1-5-9-7-10-12(16-9)8-13-14(10)15(18(3)4)11(6-2)17-13/h7-8,13,18H,5-6H2,1-4H3. The molecule has 1 aliphatic carbocycles.